The third-order valence-corrected chi connectivity index (χ3v) is 17.0. The van der Waals surface area contributed by atoms with Gasteiger partial charge in [0, 0.05) is 66.1 Å². The first-order valence-corrected chi connectivity index (χ1v) is 29.8. The van der Waals surface area contributed by atoms with Gasteiger partial charge in [0.25, 0.3) is 0 Å². The summed E-state index contributed by atoms with van der Waals surface area (Å²) in [6, 6.07) is 107. The fourth-order valence-corrected chi connectivity index (χ4v) is 12.7. The van der Waals surface area contributed by atoms with E-state index in [2.05, 4.69) is 202 Å². The molecule has 0 saturated heterocycles. The van der Waals surface area contributed by atoms with Crippen LogP contribution < -0.4 is 0 Å². The second-order valence-electron chi connectivity index (χ2n) is 22.4. The van der Waals surface area contributed by atoms with Gasteiger partial charge in [-0.1, -0.05) is 212 Å². The quantitative estimate of drug-likeness (QED) is 0.120. The van der Waals surface area contributed by atoms with Gasteiger partial charge in [-0.2, -0.15) is 5.26 Å². The molecule has 16 aromatic rings. The number of fused-ring (bicyclic) bond motifs is 6. The van der Waals surface area contributed by atoms with Crippen molar-refractivity contribution in [2.24, 2.45) is 0 Å². The van der Waals surface area contributed by atoms with Crippen LogP contribution in [0.4, 0.5) is 5.69 Å². The van der Waals surface area contributed by atoms with Gasteiger partial charge in [-0.25, -0.2) is 24.8 Å². The molecule has 0 amide bonds. The summed E-state index contributed by atoms with van der Waals surface area (Å²) in [5.74, 6) is 0. The van der Waals surface area contributed by atoms with E-state index < -0.39 is 0 Å². The summed E-state index contributed by atoms with van der Waals surface area (Å²) in [5.41, 5.74) is 21.9. The number of nitriles is 1. The van der Waals surface area contributed by atoms with Crippen molar-refractivity contribution in [2.45, 2.75) is 0 Å². The molecule has 6 aromatic heterocycles. The maximum Gasteiger partial charge on any atom is 0.187 e. The molecule has 0 aliphatic rings. The molecule has 0 N–H and O–H groups in total. The molecule has 0 atom stereocenters. The number of hydrogen-bond donors (Lipinski definition) is 0. The first kappa shape index (κ1) is 52.9. The van der Waals surface area contributed by atoms with E-state index in [4.69, 9.17) is 26.5 Å². The van der Waals surface area contributed by atoms with Gasteiger partial charge in [0.05, 0.1) is 85.6 Å². The Balaban J connectivity index is 0.996. The first-order chi connectivity index (χ1) is 44.5. The Bertz CT molecular complexity index is 4970. The molecule has 16 rings (SSSR count). The Morgan fingerprint density at radius 3 is 0.833 bits per heavy atom. The predicted molar refractivity (Wildman–Crippen MR) is 366 cm³/mol. The van der Waals surface area contributed by atoms with Crippen molar-refractivity contribution < 1.29 is 0 Å². The van der Waals surface area contributed by atoms with Crippen LogP contribution in [0.15, 0.2) is 303 Å². The van der Waals surface area contributed by atoms with E-state index in [9.17, 15) is 5.26 Å². The minimum absolute atomic E-state index is 0.436. The maximum absolute atomic E-state index is 12.4. The Hall–Kier alpha value is -12.6. The van der Waals surface area contributed by atoms with E-state index >= 15 is 0 Å². The molecular weight excluding hydrogens is 1100 g/mol. The molecule has 0 aliphatic heterocycles. The number of hydrogen-bond acceptors (Lipinski definition) is 5. The Morgan fingerprint density at radius 1 is 0.267 bits per heavy atom. The van der Waals surface area contributed by atoms with Gasteiger partial charge in [-0.3, -0.25) is 0 Å². The Morgan fingerprint density at radius 2 is 0.544 bits per heavy atom. The standard InChI is InChI=1S/C82H50N8/c1-84-63-28-14-27-57(45-63)62-50-81(89-77-46-58(73-33-15-29-69(85-73)53-19-6-2-7-20-53)37-41-64(77)65-42-38-59(47-78(65)89)74-34-16-30-70(86-74)54-21-8-3-9-22-54)68(52-83)82(51-62)90-79-48-60(75-35-17-31-71(87-75)55-23-10-4-11-24-55)39-43-66(79)67-44-40-61(49-80(67)90)76-36-18-32-72(88-76)56-25-12-5-13-26-56/h2-51H. The average molecular weight is 1150 g/mol. The van der Waals surface area contributed by atoms with E-state index in [-0.39, 0.29) is 0 Å². The molecule has 0 spiro atoms. The van der Waals surface area contributed by atoms with Gasteiger partial charge in [0.1, 0.15) is 11.6 Å². The monoisotopic (exact) mass is 1150 g/mol. The lowest BCUT2D eigenvalue weighted by Gasteiger charge is -2.19. The molecule has 0 aliphatic carbocycles. The van der Waals surface area contributed by atoms with E-state index in [1.54, 1.807) is 0 Å². The highest BCUT2D eigenvalue weighted by Crippen LogP contribution is 2.44. The largest absolute Gasteiger partial charge is 0.308 e. The van der Waals surface area contributed by atoms with Crippen LogP contribution >= 0.6 is 0 Å². The van der Waals surface area contributed by atoms with Gasteiger partial charge < -0.3 is 9.13 Å². The summed E-state index contributed by atoms with van der Waals surface area (Å²) in [4.78, 5) is 25.0. The lowest BCUT2D eigenvalue weighted by atomic mass is 9.99. The zero-order valence-corrected chi connectivity index (χ0v) is 48.4. The SMILES string of the molecule is [C-]#[N+]c1cccc(-c2cc(-n3c4cc(-c5cccc(-c6ccccc6)n5)ccc4c4ccc(-c5cccc(-c6ccccc6)n5)cc43)c(C#N)c(-n3c4cc(-c5cccc(-c6ccccc6)n5)ccc4c4ccc(-c5cccc(-c6ccccc6)n5)cc43)c2)c1. The third-order valence-electron chi connectivity index (χ3n) is 17.0. The summed E-state index contributed by atoms with van der Waals surface area (Å²) in [5, 5.41) is 16.4. The fourth-order valence-electron chi connectivity index (χ4n) is 12.7. The maximum atomic E-state index is 12.4. The molecule has 0 saturated carbocycles. The van der Waals surface area contributed by atoms with Gasteiger partial charge >= 0.3 is 0 Å². The number of aromatic nitrogens is 6. The molecule has 90 heavy (non-hydrogen) atoms. The zero-order valence-electron chi connectivity index (χ0n) is 48.4. The van der Waals surface area contributed by atoms with E-state index in [1.807, 2.05) is 121 Å². The summed E-state index contributed by atoms with van der Waals surface area (Å²) >= 11 is 0. The highest BCUT2D eigenvalue weighted by molar-refractivity contribution is 6.13. The third kappa shape index (κ3) is 9.51. The van der Waals surface area contributed by atoms with Gasteiger partial charge in [-0.15, -0.1) is 0 Å². The second kappa shape index (κ2) is 22.3. The summed E-state index contributed by atoms with van der Waals surface area (Å²) in [6.07, 6.45) is 0. The Kier molecular flexibility index (Phi) is 13.1. The highest BCUT2D eigenvalue weighted by atomic mass is 15.0. The number of rotatable bonds is 11. The van der Waals surface area contributed by atoms with E-state index in [0.29, 0.717) is 22.6 Å². The number of benzene rings is 10. The second-order valence-corrected chi connectivity index (χ2v) is 22.4. The van der Waals surface area contributed by atoms with Crippen molar-refractivity contribution in [3.8, 4) is 119 Å². The van der Waals surface area contributed by atoms with Crippen LogP contribution in [0, 0.1) is 17.9 Å². The van der Waals surface area contributed by atoms with Crippen molar-refractivity contribution in [3.63, 3.8) is 0 Å². The predicted octanol–water partition coefficient (Wildman–Crippen LogP) is 20.9. The topological polar surface area (TPSA) is 89.6 Å². The smallest absolute Gasteiger partial charge is 0.187 e. The van der Waals surface area contributed by atoms with Crippen molar-refractivity contribution in [2.75, 3.05) is 0 Å². The highest BCUT2D eigenvalue weighted by Gasteiger charge is 2.25. The minimum atomic E-state index is 0.436. The molecule has 8 heteroatoms. The van der Waals surface area contributed by atoms with Crippen molar-refractivity contribution in [1.29, 1.82) is 5.26 Å². The number of pyridine rings is 4. The van der Waals surface area contributed by atoms with Crippen LogP contribution in [-0.2, 0) is 0 Å². The molecule has 10 aromatic carbocycles. The minimum Gasteiger partial charge on any atom is -0.308 e. The molecule has 0 radical (unpaired) electrons. The Labute approximate surface area is 519 Å². The van der Waals surface area contributed by atoms with Crippen LogP contribution in [0.3, 0.4) is 0 Å². The van der Waals surface area contributed by atoms with Gasteiger partial charge in [0.15, 0.2) is 5.69 Å². The van der Waals surface area contributed by atoms with Crippen LogP contribution in [0.25, 0.3) is 161 Å². The molecular formula is C82H50N8. The number of nitrogens with zero attached hydrogens (tertiary/aromatic N) is 8. The average Bonchev–Trinajstić information content (AvgIpc) is 1.57. The summed E-state index contributed by atoms with van der Waals surface area (Å²) < 4.78 is 4.51. The van der Waals surface area contributed by atoms with E-state index in [0.717, 1.165) is 145 Å². The normalized spacial score (nSPS) is 11.3. The van der Waals surface area contributed by atoms with Crippen LogP contribution in [0.1, 0.15) is 5.56 Å². The summed E-state index contributed by atoms with van der Waals surface area (Å²) in [6.45, 7) is 8.21. The molecule has 0 fully saturated rings. The molecule has 0 bridgehead atoms. The molecule has 0 unspecified atom stereocenters. The lowest BCUT2D eigenvalue weighted by Crippen LogP contribution is -2.05. The van der Waals surface area contributed by atoms with Crippen molar-refractivity contribution in [3.05, 3.63) is 320 Å². The van der Waals surface area contributed by atoms with Crippen LogP contribution in [0.2, 0.25) is 0 Å². The van der Waals surface area contributed by atoms with Gasteiger partial charge in [-0.05, 0) is 102 Å². The fraction of sp³-hybridized carbons (Fsp3) is 0. The van der Waals surface area contributed by atoms with Crippen molar-refractivity contribution in [1.82, 2.24) is 29.1 Å². The molecule has 8 nitrogen and oxygen atoms in total. The van der Waals surface area contributed by atoms with E-state index in [1.165, 1.54) is 0 Å². The molecule has 418 valence electrons. The first-order valence-electron chi connectivity index (χ1n) is 29.8. The van der Waals surface area contributed by atoms with Crippen LogP contribution in [-0.4, -0.2) is 29.1 Å². The van der Waals surface area contributed by atoms with Crippen LogP contribution in [0.5, 0.6) is 0 Å². The lowest BCUT2D eigenvalue weighted by molar-refractivity contribution is 1.12. The van der Waals surface area contributed by atoms with Gasteiger partial charge in [0.2, 0.25) is 0 Å². The zero-order chi connectivity index (χ0) is 60.1. The summed E-state index contributed by atoms with van der Waals surface area (Å²) in [7, 11) is 0. The van der Waals surface area contributed by atoms with Crippen molar-refractivity contribution >= 4 is 49.3 Å². The molecule has 6 heterocycles.